The molecule has 1 heterocycles. The molecular formula is C26H25ClN4O3. The van der Waals surface area contributed by atoms with Crippen molar-refractivity contribution in [3.63, 3.8) is 0 Å². The van der Waals surface area contributed by atoms with Crippen molar-refractivity contribution in [1.29, 1.82) is 5.26 Å². The molecule has 0 saturated carbocycles. The Morgan fingerprint density at radius 1 is 1.21 bits per heavy atom. The van der Waals surface area contributed by atoms with Gasteiger partial charge in [-0.1, -0.05) is 67.4 Å². The molecule has 3 aromatic rings. The molecule has 1 atom stereocenters. The summed E-state index contributed by atoms with van der Waals surface area (Å²) < 4.78 is 0. The van der Waals surface area contributed by atoms with Crippen LogP contribution in [0.3, 0.4) is 0 Å². The average molecular weight is 477 g/mol. The molecule has 0 spiro atoms. The lowest BCUT2D eigenvalue weighted by Gasteiger charge is -2.17. The minimum Gasteiger partial charge on any atom is -0.305 e. The van der Waals surface area contributed by atoms with Crippen molar-refractivity contribution in [3.05, 3.63) is 86.1 Å². The third-order valence-corrected chi connectivity index (χ3v) is 6.29. The smallest absolute Gasteiger partial charge is 0.305 e. The summed E-state index contributed by atoms with van der Waals surface area (Å²) in [6, 6.07) is 17.3. The Hall–Kier alpha value is -3.76. The Labute approximate surface area is 203 Å². The number of rotatable bonds is 8. The number of pyridine rings is 1. The van der Waals surface area contributed by atoms with Crippen molar-refractivity contribution in [3.8, 4) is 17.2 Å². The van der Waals surface area contributed by atoms with Crippen LogP contribution in [0.2, 0.25) is 5.02 Å². The molecule has 0 aliphatic rings. The topological polar surface area (TPSA) is 109 Å². The zero-order chi connectivity index (χ0) is 24.8. The van der Waals surface area contributed by atoms with Crippen LogP contribution in [0.1, 0.15) is 42.1 Å². The maximum Gasteiger partial charge on any atom is 0.316 e. The van der Waals surface area contributed by atoms with Gasteiger partial charge in [0.05, 0.1) is 32.8 Å². The van der Waals surface area contributed by atoms with Crippen molar-refractivity contribution in [1.82, 2.24) is 4.98 Å². The second kappa shape index (κ2) is 10.9. The molecule has 7 nitrogen and oxygen atoms in total. The molecule has 34 heavy (non-hydrogen) atoms. The van der Waals surface area contributed by atoms with Gasteiger partial charge in [0.1, 0.15) is 0 Å². The highest BCUT2D eigenvalue weighted by molar-refractivity contribution is 6.32. The van der Waals surface area contributed by atoms with Gasteiger partial charge in [0.2, 0.25) is 11.7 Å². The van der Waals surface area contributed by atoms with Crippen molar-refractivity contribution < 1.29 is 9.72 Å². The van der Waals surface area contributed by atoms with E-state index in [4.69, 9.17) is 11.6 Å². The number of nitro groups is 1. The lowest BCUT2D eigenvalue weighted by molar-refractivity contribution is -0.384. The zero-order valence-electron chi connectivity index (χ0n) is 19.3. The van der Waals surface area contributed by atoms with E-state index in [1.807, 2.05) is 49.4 Å². The molecule has 3 rings (SSSR count). The lowest BCUT2D eigenvalue weighted by Crippen LogP contribution is -2.26. The van der Waals surface area contributed by atoms with Crippen molar-refractivity contribution in [2.24, 2.45) is 5.92 Å². The van der Waals surface area contributed by atoms with Crippen LogP contribution < -0.4 is 5.32 Å². The second-order valence-electron chi connectivity index (χ2n) is 8.12. The Morgan fingerprint density at radius 2 is 1.88 bits per heavy atom. The van der Waals surface area contributed by atoms with Crippen LogP contribution >= 0.6 is 11.6 Å². The van der Waals surface area contributed by atoms with E-state index in [2.05, 4.69) is 16.4 Å². The summed E-state index contributed by atoms with van der Waals surface area (Å²) >= 11 is 6.13. The number of nitrogens with zero attached hydrogens (tertiary/aromatic N) is 3. The van der Waals surface area contributed by atoms with Gasteiger partial charge in [0, 0.05) is 5.92 Å². The molecule has 0 aliphatic carbocycles. The first-order valence-electron chi connectivity index (χ1n) is 11.0. The summed E-state index contributed by atoms with van der Waals surface area (Å²) in [6.45, 7) is 5.17. The number of aromatic nitrogens is 1. The summed E-state index contributed by atoms with van der Waals surface area (Å²) in [5, 5.41) is 23.8. The largest absolute Gasteiger partial charge is 0.316 e. The fourth-order valence-electron chi connectivity index (χ4n) is 3.96. The number of nitrogens with one attached hydrogen (secondary N) is 1. The fourth-order valence-corrected chi connectivity index (χ4v) is 4.10. The zero-order valence-corrected chi connectivity index (χ0v) is 20.0. The lowest BCUT2D eigenvalue weighted by atomic mass is 9.92. The van der Waals surface area contributed by atoms with E-state index in [-0.39, 0.29) is 33.9 Å². The van der Waals surface area contributed by atoms with Crippen LogP contribution in [0.25, 0.3) is 11.1 Å². The molecule has 1 amide bonds. The molecular weight excluding hydrogens is 452 g/mol. The number of carbonyl (C=O) groups is 1. The SMILES string of the molecule is CCCC(Cc1ccc(-c2ccccc2C#N)cc1)C(=O)Nc1nc(C)c(Cl)c(C)c1[N+](=O)[O-]. The Bertz CT molecular complexity index is 1270. The number of benzene rings is 2. The molecule has 1 aromatic heterocycles. The Balaban J connectivity index is 1.83. The predicted octanol–water partition coefficient (Wildman–Crippen LogP) is 6.40. The van der Waals surface area contributed by atoms with Gasteiger partial charge in [-0.05, 0) is 49.4 Å². The molecule has 1 unspecified atom stereocenters. The molecule has 0 saturated heterocycles. The van der Waals surface area contributed by atoms with E-state index in [1.165, 1.54) is 0 Å². The first kappa shape index (κ1) is 24.9. The molecule has 174 valence electrons. The number of hydrogen-bond donors (Lipinski definition) is 1. The number of hydrogen-bond acceptors (Lipinski definition) is 5. The summed E-state index contributed by atoms with van der Waals surface area (Å²) in [4.78, 5) is 28.3. The summed E-state index contributed by atoms with van der Waals surface area (Å²) in [5.41, 5.74) is 3.73. The number of halogens is 1. The third kappa shape index (κ3) is 5.41. The van der Waals surface area contributed by atoms with Crippen molar-refractivity contribution >= 4 is 29.0 Å². The average Bonchev–Trinajstić information content (AvgIpc) is 2.82. The van der Waals surface area contributed by atoms with Crippen LogP contribution in [-0.2, 0) is 11.2 Å². The highest BCUT2D eigenvalue weighted by Gasteiger charge is 2.27. The van der Waals surface area contributed by atoms with E-state index in [9.17, 15) is 20.2 Å². The molecule has 1 N–H and O–H groups in total. The van der Waals surface area contributed by atoms with Crippen LogP contribution in [0.4, 0.5) is 11.5 Å². The van der Waals surface area contributed by atoms with Gasteiger partial charge in [-0.25, -0.2) is 4.98 Å². The van der Waals surface area contributed by atoms with Gasteiger partial charge in [0.15, 0.2) is 0 Å². The third-order valence-electron chi connectivity index (χ3n) is 5.73. The predicted molar refractivity (Wildman–Crippen MR) is 133 cm³/mol. The van der Waals surface area contributed by atoms with Crippen molar-refractivity contribution in [2.75, 3.05) is 5.32 Å². The van der Waals surface area contributed by atoms with Gasteiger partial charge in [0.25, 0.3) is 0 Å². The standard InChI is InChI=1S/C26H25ClN4O3/c1-4-7-20(26(32)30-25-24(31(33)34)16(2)23(27)17(3)29-25)14-18-10-12-19(13-11-18)22-9-6-5-8-21(22)15-28/h5-6,8-13,20H,4,7,14H2,1-3H3,(H,29,30,32). The van der Waals surface area contributed by atoms with Crippen LogP contribution in [0.15, 0.2) is 48.5 Å². The first-order chi connectivity index (χ1) is 16.3. The first-order valence-corrected chi connectivity index (χ1v) is 11.3. The molecule has 0 aliphatic heterocycles. The maximum absolute atomic E-state index is 13.1. The van der Waals surface area contributed by atoms with Gasteiger partial charge in [-0.2, -0.15) is 5.26 Å². The Morgan fingerprint density at radius 3 is 2.50 bits per heavy atom. The minimum atomic E-state index is -0.574. The Kier molecular flexibility index (Phi) is 7.98. The quantitative estimate of drug-likeness (QED) is 0.299. The molecule has 0 radical (unpaired) electrons. The summed E-state index contributed by atoms with van der Waals surface area (Å²) in [7, 11) is 0. The normalized spacial score (nSPS) is 11.5. The van der Waals surface area contributed by atoms with E-state index >= 15 is 0 Å². The van der Waals surface area contributed by atoms with E-state index < -0.39 is 4.92 Å². The van der Waals surface area contributed by atoms with Crippen LogP contribution in [-0.4, -0.2) is 15.8 Å². The number of aryl methyl sites for hydroxylation is 1. The highest BCUT2D eigenvalue weighted by atomic mass is 35.5. The molecule has 8 heteroatoms. The van der Waals surface area contributed by atoms with Gasteiger partial charge < -0.3 is 5.32 Å². The monoisotopic (exact) mass is 476 g/mol. The summed E-state index contributed by atoms with van der Waals surface area (Å²) in [5.74, 6) is -0.795. The highest BCUT2D eigenvalue weighted by Crippen LogP contribution is 2.34. The fraction of sp³-hybridized carbons (Fsp3) is 0.269. The van der Waals surface area contributed by atoms with E-state index in [1.54, 1.807) is 19.9 Å². The van der Waals surface area contributed by atoms with Gasteiger partial charge >= 0.3 is 5.69 Å². The molecule has 2 aromatic carbocycles. The van der Waals surface area contributed by atoms with E-state index in [0.29, 0.717) is 24.1 Å². The summed E-state index contributed by atoms with van der Waals surface area (Å²) in [6.07, 6.45) is 1.86. The second-order valence-corrected chi connectivity index (χ2v) is 8.50. The minimum absolute atomic E-state index is 0.0843. The van der Waals surface area contributed by atoms with Crippen LogP contribution in [0, 0.1) is 41.2 Å². The molecule has 0 fully saturated rings. The maximum atomic E-state index is 13.1. The van der Waals surface area contributed by atoms with Gasteiger partial charge in [-0.15, -0.1) is 0 Å². The van der Waals surface area contributed by atoms with Crippen molar-refractivity contribution in [2.45, 2.75) is 40.0 Å². The number of carbonyl (C=O) groups excluding carboxylic acids is 1. The molecule has 0 bridgehead atoms. The number of anilines is 1. The number of nitriles is 1. The van der Waals surface area contributed by atoms with Crippen LogP contribution in [0.5, 0.6) is 0 Å². The van der Waals surface area contributed by atoms with Gasteiger partial charge in [-0.3, -0.25) is 14.9 Å². The number of amides is 1. The van der Waals surface area contributed by atoms with E-state index in [0.717, 1.165) is 23.1 Å².